The highest BCUT2D eigenvalue weighted by atomic mass is 16.7. The molecule has 4 heteroatoms. The monoisotopic (exact) mass is 215 g/mol. The van der Waals surface area contributed by atoms with E-state index < -0.39 is 12.0 Å². The molecule has 1 saturated carbocycles. The molecule has 0 aliphatic heterocycles. The van der Waals surface area contributed by atoms with Crippen molar-refractivity contribution in [2.24, 2.45) is 5.92 Å². The number of carbonyl (C=O) groups is 1. The minimum atomic E-state index is -0.846. The van der Waals surface area contributed by atoms with Crippen molar-refractivity contribution in [1.29, 1.82) is 0 Å². The van der Waals surface area contributed by atoms with Gasteiger partial charge in [0, 0.05) is 0 Å². The van der Waals surface area contributed by atoms with E-state index in [1.54, 1.807) is 0 Å². The average molecular weight is 215 g/mol. The Morgan fingerprint density at radius 2 is 1.93 bits per heavy atom. The molecule has 0 aromatic heterocycles. The maximum absolute atomic E-state index is 10.9. The molecule has 2 N–H and O–H groups in total. The van der Waals surface area contributed by atoms with Gasteiger partial charge in [0.1, 0.15) is 6.04 Å². The van der Waals surface area contributed by atoms with Crippen molar-refractivity contribution < 1.29 is 14.7 Å². The molecule has 0 unspecified atom stereocenters. The van der Waals surface area contributed by atoms with Crippen molar-refractivity contribution in [3.05, 3.63) is 0 Å². The van der Waals surface area contributed by atoms with Crippen LogP contribution in [0.15, 0.2) is 0 Å². The fourth-order valence-corrected chi connectivity index (χ4v) is 1.82. The van der Waals surface area contributed by atoms with E-state index in [0.717, 1.165) is 12.8 Å². The van der Waals surface area contributed by atoms with Crippen LogP contribution in [-0.4, -0.2) is 23.2 Å². The van der Waals surface area contributed by atoms with E-state index in [-0.39, 0.29) is 12.0 Å². The summed E-state index contributed by atoms with van der Waals surface area (Å²) in [4.78, 5) is 16.3. The van der Waals surface area contributed by atoms with Gasteiger partial charge in [0.2, 0.25) is 0 Å². The quantitative estimate of drug-likeness (QED) is 0.688. The van der Waals surface area contributed by atoms with Crippen LogP contribution >= 0.6 is 0 Å². The zero-order chi connectivity index (χ0) is 11.3. The van der Waals surface area contributed by atoms with Crippen molar-refractivity contribution in [1.82, 2.24) is 5.48 Å². The summed E-state index contributed by atoms with van der Waals surface area (Å²) in [5.74, 6) is -0.813. The van der Waals surface area contributed by atoms with Crippen LogP contribution in [0.25, 0.3) is 0 Å². The van der Waals surface area contributed by atoms with E-state index >= 15 is 0 Å². The molecule has 0 amide bonds. The van der Waals surface area contributed by atoms with Gasteiger partial charge in [-0.05, 0) is 18.8 Å². The first-order chi connectivity index (χ1) is 7.11. The number of hydrogen-bond donors (Lipinski definition) is 2. The van der Waals surface area contributed by atoms with Crippen LogP contribution in [-0.2, 0) is 9.63 Å². The maximum atomic E-state index is 10.9. The number of nitrogens with one attached hydrogen (secondary N) is 1. The maximum Gasteiger partial charge on any atom is 0.323 e. The molecule has 0 saturated heterocycles. The van der Waals surface area contributed by atoms with Crippen molar-refractivity contribution in [2.45, 2.75) is 58.1 Å². The molecule has 1 rings (SSSR count). The Morgan fingerprint density at radius 1 is 1.33 bits per heavy atom. The number of carboxylic acid groups (broad SMARTS) is 1. The Labute approximate surface area is 91.0 Å². The highest BCUT2D eigenvalue weighted by molar-refractivity contribution is 5.73. The molecule has 0 spiro atoms. The lowest BCUT2D eigenvalue weighted by atomic mass is 9.98. The number of carboxylic acids is 1. The van der Waals surface area contributed by atoms with Gasteiger partial charge in [-0.1, -0.05) is 33.1 Å². The summed E-state index contributed by atoms with van der Waals surface area (Å²) in [5, 5.41) is 8.93. The van der Waals surface area contributed by atoms with E-state index in [4.69, 9.17) is 9.94 Å². The summed E-state index contributed by atoms with van der Waals surface area (Å²) in [6, 6.07) is -0.605. The number of hydrogen-bond acceptors (Lipinski definition) is 3. The highest BCUT2D eigenvalue weighted by Crippen LogP contribution is 2.19. The first-order valence-corrected chi connectivity index (χ1v) is 5.75. The summed E-state index contributed by atoms with van der Waals surface area (Å²) in [7, 11) is 0. The minimum absolute atomic E-state index is 0.0334. The van der Waals surface area contributed by atoms with Gasteiger partial charge in [0.15, 0.2) is 0 Å². The first kappa shape index (κ1) is 12.5. The molecule has 88 valence electrons. The van der Waals surface area contributed by atoms with Gasteiger partial charge in [0.25, 0.3) is 0 Å². The number of aliphatic carboxylic acids is 1. The minimum Gasteiger partial charge on any atom is -0.480 e. The van der Waals surface area contributed by atoms with Gasteiger partial charge in [0.05, 0.1) is 6.10 Å². The van der Waals surface area contributed by atoms with E-state index in [1.165, 1.54) is 19.3 Å². The van der Waals surface area contributed by atoms with E-state index in [9.17, 15) is 4.79 Å². The molecule has 1 fully saturated rings. The number of hydroxylamine groups is 1. The fraction of sp³-hybridized carbons (Fsp3) is 0.909. The van der Waals surface area contributed by atoms with Crippen molar-refractivity contribution in [2.75, 3.05) is 0 Å². The van der Waals surface area contributed by atoms with E-state index in [2.05, 4.69) is 5.48 Å². The molecule has 4 nitrogen and oxygen atoms in total. The van der Waals surface area contributed by atoms with Crippen LogP contribution in [0.3, 0.4) is 0 Å². The molecule has 0 heterocycles. The van der Waals surface area contributed by atoms with E-state index in [1.807, 2.05) is 13.8 Å². The molecule has 0 bridgehead atoms. The zero-order valence-electron chi connectivity index (χ0n) is 9.53. The van der Waals surface area contributed by atoms with Crippen LogP contribution in [0.4, 0.5) is 0 Å². The molecule has 0 aromatic carbocycles. The standard InChI is InChI=1S/C11H21NO3/c1-8(2)10(11(13)14)12-15-9-6-4-3-5-7-9/h8-10,12H,3-7H2,1-2H3,(H,13,14)/t10-/m0/s1. The second kappa shape index (κ2) is 6.08. The Kier molecular flexibility index (Phi) is 5.05. The summed E-state index contributed by atoms with van der Waals surface area (Å²) in [5.41, 5.74) is 2.69. The summed E-state index contributed by atoms with van der Waals surface area (Å²) < 4.78 is 0. The molecule has 1 aliphatic rings. The molecule has 1 atom stereocenters. The smallest absolute Gasteiger partial charge is 0.323 e. The average Bonchev–Trinajstić information content (AvgIpc) is 2.18. The predicted molar refractivity (Wildman–Crippen MR) is 57.4 cm³/mol. The molecular weight excluding hydrogens is 194 g/mol. The lowest BCUT2D eigenvalue weighted by Gasteiger charge is -2.25. The van der Waals surface area contributed by atoms with Crippen molar-refractivity contribution in [3.8, 4) is 0 Å². The Bertz CT molecular complexity index is 200. The second-order valence-electron chi connectivity index (χ2n) is 4.56. The van der Waals surface area contributed by atoms with Crippen LogP contribution < -0.4 is 5.48 Å². The van der Waals surface area contributed by atoms with Gasteiger partial charge in [-0.2, -0.15) is 5.48 Å². The lowest BCUT2D eigenvalue weighted by molar-refractivity contribution is -0.149. The first-order valence-electron chi connectivity index (χ1n) is 5.75. The van der Waals surface area contributed by atoms with Crippen molar-refractivity contribution >= 4 is 5.97 Å². The van der Waals surface area contributed by atoms with Gasteiger partial charge < -0.3 is 5.11 Å². The Hall–Kier alpha value is -0.610. The van der Waals surface area contributed by atoms with Crippen molar-refractivity contribution in [3.63, 3.8) is 0 Å². The van der Waals surface area contributed by atoms with Crippen LogP contribution in [0.2, 0.25) is 0 Å². The molecule has 1 aliphatic carbocycles. The van der Waals surface area contributed by atoms with Gasteiger partial charge >= 0.3 is 5.97 Å². The molecular formula is C11H21NO3. The Morgan fingerprint density at radius 3 is 2.40 bits per heavy atom. The van der Waals surface area contributed by atoms with Crippen LogP contribution in [0.1, 0.15) is 46.0 Å². The molecule has 0 aromatic rings. The van der Waals surface area contributed by atoms with E-state index in [0.29, 0.717) is 0 Å². The Balaban J connectivity index is 2.29. The molecule has 0 radical (unpaired) electrons. The lowest BCUT2D eigenvalue weighted by Crippen LogP contribution is -2.43. The fourth-order valence-electron chi connectivity index (χ4n) is 1.82. The second-order valence-corrected chi connectivity index (χ2v) is 4.56. The summed E-state index contributed by atoms with van der Waals surface area (Å²) >= 11 is 0. The predicted octanol–water partition coefficient (Wildman–Crippen LogP) is 1.95. The molecule has 15 heavy (non-hydrogen) atoms. The number of rotatable bonds is 5. The third-order valence-electron chi connectivity index (χ3n) is 2.85. The highest BCUT2D eigenvalue weighted by Gasteiger charge is 2.23. The van der Waals surface area contributed by atoms with Gasteiger partial charge in [-0.15, -0.1) is 0 Å². The largest absolute Gasteiger partial charge is 0.480 e. The zero-order valence-corrected chi connectivity index (χ0v) is 9.53. The van der Waals surface area contributed by atoms with Crippen LogP contribution in [0.5, 0.6) is 0 Å². The third kappa shape index (κ3) is 4.18. The third-order valence-corrected chi connectivity index (χ3v) is 2.85. The van der Waals surface area contributed by atoms with Gasteiger partial charge in [-0.25, -0.2) is 0 Å². The summed E-state index contributed by atoms with van der Waals surface area (Å²) in [6.45, 7) is 3.74. The van der Waals surface area contributed by atoms with Crippen LogP contribution in [0, 0.1) is 5.92 Å². The SMILES string of the molecule is CC(C)[C@H](NOC1CCCCC1)C(=O)O. The topological polar surface area (TPSA) is 58.6 Å². The van der Waals surface area contributed by atoms with Gasteiger partial charge in [-0.3, -0.25) is 9.63 Å². The summed E-state index contributed by atoms with van der Waals surface area (Å²) in [6.07, 6.45) is 5.91. The normalized spacial score (nSPS) is 20.5.